The standard InChI is InChI=1S/C64H55N3OS/c1-63(2)52-27-15-25-47(51-37-50-44-23-11-12-24-45(44)59-46(26-16-34-65-59)42-21-9-10-22-43(42)49(50)36-48(51)39-19-7-8-20-39)60(52)68-57-33-30-40(35-53(57)64(63,3)4)58-41(38-17-5-6-18-38)31-32-56-61(58)69-62-66-54-28-13-14-29-55(54)67(56)62/h9-16,21-39H,5-8,17-20H2,1-4H3/i38D,39D. The molecular weight excluding hydrogens is 859 g/mol. The van der Waals surface area contributed by atoms with E-state index in [9.17, 15) is 2.74 Å². The molecule has 3 aliphatic carbocycles. The average Bonchev–Trinajstić information content (AvgIpc) is 4.20. The van der Waals surface area contributed by atoms with Gasteiger partial charge in [-0.15, -0.1) is 0 Å². The van der Waals surface area contributed by atoms with Crippen molar-refractivity contribution in [2.75, 3.05) is 0 Å². The number of pyridine rings is 1. The van der Waals surface area contributed by atoms with Crippen LogP contribution in [0.15, 0.2) is 152 Å². The summed E-state index contributed by atoms with van der Waals surface area (Å²) in [7, 11) is 0. The van der Waals surface area contributed by atoms with Gasteiger partial charge in [-0.25, -0.2) is 4.98 Å². The van der Waals surface area contributed by atoms with E-state index in [-0.39, 0.29) is 0 Å². The van der Waals surface area contributed by atoms with E-state index in [1.54, 1.807) is 11.3 Å². The summed E-state index contributed by atoms with van der Waals surface area (Å²) in [6.45, 7) is 9.52. The van der Waals surface area contributed by atoms with Crippen LogP contribution in [0, 0.1) is 0 Å². The largest absolute Gasteiger partial charge is 0.456 e. The molecule has 2 saturated carbocycles. The molecule has 14 rings (SSSR count). The highest BCUT2D eigenvalue weighted by molar-refractivity contribution is 7.24. The van der Waals surface area contributed by atoms with E-state index >= 15 is 0 Å². The summed E-state index contributed by atoms with van der Waals surface area (Å²) in [5.41, 5.74) is 20.2. The van der Waals surface area contributed by atoms with E-state index in [1.165, 1.54) is 4.70 Å². The summed E-state index contributed by atoms with van der Waals surface area (Å²) in [6.07, 6.45) is 9.43. The first-order valence-electron chi connectivity index (χ1n) is 26.1. The summed E-state index contributed by atoms with van der Waals surface area (Å²) in [6, 6.07) is 53.0. The van der Waals surface area contributed by atoms with Crippen LogP contribution in [0.25, 0.3) is 93.1 Å². The van der Waals surface area contributed by atoms with Crippen LogP contribution in [0.3, 0.4) is 0 Å². The maximum atomic E-state index is 10.4. The normalized spacial score (nSPS) is 18.4. The van der Waals surface area contributed by atoms with E-state index in [4.69, 9.17) is 14.7 Å². The Morgan fingerprint density at radius 3 is 1.97 bits per heavy atom. The van der Waals surface area contributed by atoms with E-state index in [2.05, 4.69) is 172 Å². The van der Waals surface area contributed by atoms with Gasteiger partial charge in [-0.3, -0.25) is 9.38 Å². The number of imidazole rings is 1. The summed E-state index contributed by atoms with van der Waals surface area (Å²) >= 11 is 1.74. The molecule has 4 aliphatic rings. The van der Waals surface area contributed by atoms with Crippen LogP contribution in [0.4, 0.5) is 0 Å². The molecule has 0 unspecified atom stereocenters. The van der Waals surface area contributed by atoms with E-state index in [0.29, 0.717) is 0 Å². The van der Waals surface area contributed by atoms with Crippen molar-refractivity contribution in [1.82, 2.24) is 14.4 Å². The molecule has 1 aliphatic heterocycles. The molecule has 7 aromatic carbocycles. The van der Waals surface area contributed by atoms with Crippen molar-refractivity contribution < 1.29 is 7.48 Å². The van der Waals surface area contributed by atoms with Crippen LogP contribution in [-0.4, -0.2) is 14.4 Å². The fourth-order valence-corrected chi connectivity index (χ4v) is 13.9. The number of fused-ring (bicyclic) bond motifs is 15. The molecule has 69 heavy (non-hydrogen) atoms. The van der Waals surface area contributed by atoms with Gasteiger partial charge in [0.1, 0.15) is 11.5 Å². The van der Waals surface area contributed by atoms with Crippen molar-refractivity contribution in [3.8, 4) is 78.4 Å². The van der Waals surface area contributed by atoms with Gasteiger partial charge < -0.3 is 4.74 Å². The van der Waals surface area contributed by atoms with E-state index in [1.807, 2.05) is 12.3 Å². The number of rotatable bonds is 4. The molecule has 0 saturated heterocycles. The first-order valence-corrected chi connectivity index (χ1v) is 25.9. The SMILES string of the molecule is [2H]C1(c2cc3c(cc2-c2cccc4c2Oc2ccc(-c5c(C6([2H])CCCC6)ccc6c5sc5nc7ccccc7n56)cc2C(C)(C)C4(C)C)-c2ccccc2-c2ncccc2-c2ccccc2-3)CCCC1. The molecule has 0 spiro atoms. The first-order chi connectivity index (χ1) is 34.4. The lowest BCUT2D eigenvalue weighted by Crippen LogP contribution is -2.39. The third kappa shape index (κ3) is 6.05. The Hall–Kier alpha value is -6.82. The maximum absolute atomic E-state index is 10.4. The number of nitrogens with zero attached hydrogens (tertiary/aromatic N) is 3. The van der Waals surface area contributed by atoms with Gasteiger partial charge in [-0.05, 0) is 136 Å². The van der Waals surface area contributed by atoms with Crippen molar-refractivity contribution in [2.45, 2.75) is 102 Å². The summed E-state index contributed by atoms with van der Waals surface area (Å²) in [5, 5.41) is 0. The maximum Gasteiger partial charge on any atom is 0.195 e. The second-order valence-electron chi connectivity index (χ2n) is 21.0. The van der Waals surface area contributed by atoms with Gasteiger partial charge in [0.15, 0.2) is 4.96 Å². The van der Waals surface area contributed by atoms with Crippen molar-refractivity contribution >= 4 is 37.5 Å². The lowest BCUT2D eigenvalue weighted by Gasteiger charge is -2.41. The zero-order valence-electron chi connectivity index (χ0n) is 41.7. The minimum atomic E-state index is -0.765. The second-order valence-corrected chi connectivity index (χ2v) is 21.9. The highest BCUT2D eigenvalue weighted by Crippen LogP contribution is 2.59. The molecule has 4 heterocycles. The second kappa shape index (κ2) is 15.3. The minimum absolute atomic E-state index is 0.400. The Morgan fingerprint density at radius 1 is 0.551 bits per heavy atom. The zero-order valence-corrected chi connectivity index (χ0v) is 40.6. The Bertz CT molecular complexity index is 3860. The molecule has 0 amide bonds. The summed E-state index contributed by atoms with van der Waals surface area (Å²) in [4.78, 5) is 11.1. The predicted molar refractivity (Wildman–Crippen MR) is 287 cm³/mol. The molecule has 0 bridgehead atoms. The number of para-hydroxylation sites is 3. The monoisotopic (exact) mass is 915 g/mol. The average molecular weight is 916 g/mol. The predicted octanol–water partition coefficient (Wildman–Crippen LogP) is 18.1. The molecular formula is C64H55N3OS. The third-order valence-corrected chi connectivity index (χ3v) is 18.0. The number of benzene rings is 7. The number of ether oxygens (including phenoxy) is 1. The Labute approximate surface area is 411 Å². The van der Waals surface area contributed by atoms with Crippen LogP contribution in [0.1, 0.15) is 116 Å². The van der Waals surface area contributed by atoms with E-state index < -0.39 is 22.6 Å². The van der Waals surface area contributed by atoms with E-state index in [0.717, 1.165) is 174 Å². The van der Waals surface area contributed by atoms with Crippen LogP contribution >= 0.6 is 11.3 Å². The molecule has 0 radical (unpaired) electrons. The molecule has 0 N–H and O–H groups in total. The molecule has 2 fully saturated rings. The Balaban J connectivity index is 0.995. The topological polar surface area (TPSA) is 39.4 Å². The smallest absolute Gasteiger partial charge is 0.195 e. The van der Waals surface area contributed by atoms with Gasteiger partial charge in [0, 0.05) is 53.1 Å². The quantitative estimate of drug-likeness (QED) is 0.177. The number of hydrogen-bond acceptors (Lipinski definition) is 4. The summed E-state index contributed by atoms with van der Waals surface area (Å²) in [5.74, 6) is 0.273. The summed E-state index contributed by atoms with van der Waals surface area (Å²) < 4.78 is 31.4. The number of hydrogen-bond donors (Lipinski definition) is 0. The van der Waals surface area contributed by atoms with Gasteiger partial charge in [-0.1, -0.05) is 162 Å². The third-order valence-electron chi connectivity index (χ3n) is 16.9. The molecule has 4 nitrogen and oxygen atoms in total. The Kier molecular flexibility index (Phi) is 8.69. The lowest BCUT2D eigenvalue weighted by molar-refractivity contribution is 0.306. The minimum Gasteiger partial charge on any atom is -0.456 e. The van der Waals surface area contributed by atoms with Crippen LogP contribution in [0.5, 0.6) is 11.5 Å². The zero-order chi connectivity index (χ0) is 48.0. The fourth-order valence-electron chi connectivity index (χ4n) is 12.6. The number of aromatic nitrogens is 3. The van der Waals surface area contributed by atoms with Crippen LogP contribution < -0.4 is 4.74 Å². The van der Waals surface area contributed by atoms with Crippen LogP contribution in [-0.2, 0) is 10.8 Å². The fraction of sp³-hybridized carbons (Fsp3) is 0.250. The molecule has 3 aromatic heterocycles. The van der Waals surface area contributed by atoms with Crippen molar-refractivity contribution in [2.24, 2.45) is 0 Å². The molecule has 0 atom stereocenters. The van der Waals surface area contributed by atoms with Crippen molar-refractivity contribution in [3.05, 3.63) is 174 Å². The first kappa shape index (κ1) is 39.1. The highest BCUT2D eigenvalue weighted by Gasteiger charge is 2.46. The van der Waals surface area contributed by atoms with Gasteiger partial charge >= 0.3 is 0 Å². The van der Waals surface area contributed by atoms with Crippen molar-refractivity contribution in [3.63, 3.8) is 0 Å². The molecule has 5 heteroatoms. The Morgan fingerprint density at radius 2 is 1.19 bits per heavy atom. The molecule has 338 valence electrons. The lowest BCUT2D eigenvalue weighted by atomic mass is 9.60. The van der Waals surface area contributed by atoms with Gasteiger partial charge in [0.2, 0.25) is 0 Å². The van der Waals surface area contributed by atoms with Gasteiger partial charge in [-0.2, -0.15) is 0 Å². The van der Waals surface area contributed by atoms with Gasteiger partial charge in [0.05, 0.1) is 26.9 Å². The van der Waals surface area contributed by atoms with Crippen molar-refractivity contribution in [1.29, 1.82) is 0 Å². The van der Waals surface area contributed by atoms with Crippen LogP contribution in [0.2, 0.25) is 0 Å². The van der Waals surface area contributed by atoms with Gasteiger partial charge in [0.25, 0.3) is 0 Å². The highest BCUT2D eigenvalue weighted by atomic mass is 32.1. The number of thiazole rings is 1. The molecule has 10 aromatic rings.